The molecule has 2 saturated carbocycles. The van der Waals surface area contributed by atoms with E-state index in [0.29, 0.717) is 22.5 Å². The summed E-state index contributed by atoms with van der Waals surface area (Å²) in [5.74, 6) is -0.821. The van der Waals surface area contributed by atoms with Crippen molar-refractivity contribution in [3.8, 4) is 0 Å². The van der Waals surface area contributed by atoms with Crippen LogP contribution < -0.4 is 10.6 Å². The second-order valence-corrected chi connectivity index (χ2v) is 13.1. The van der Waals surface area contributed by atoms with Crippen LogP contribution in [0.15, 0.2) is 36.4 Å². The van der Waals surface area contributed by atoms with Crippen LogP contribution in [-0.2, 0) is 19.1 Å². The first-order valence-electron chi connectivity index (χ1n) is 14.8. The Bertz CT molecular complexity index is 1190. The Kier molecular flexibility index (Phi) is 7.03. The average molecular weight is 554 g/mol. The van der Waals surface area contributed by atoms with Crippen molar-refractivity contribution in [2.75, 3.05) is 5.32 Å². The Morgan fingerprint density at radius 3 is 2.56 bits per heavy atom. The van der Waals surface area contributed by atoms with Crippen molar-refractivity contribution in [2.45, 2.75) is 95.5 Å². The molecule has 1 aromatic carbocycles. The van der Waals surface area contributed by atoms with Crippen LogP contribution in [0.3, 0.4) is 0 Å². The number of halogens is 1. The second-order valence-electron chi connectivity index (χ2n) is 12.7. The highest BCUT2D eigenvalue weighted by molar-refractivity contribution is 6.30. The summed E-state index contributed by atoms with van der Waals surface area (Å²) in [6.07, 6.45) is 10.5. The molecule has 0 aromatic heterocycles. The molecule has 5 aliphatic rings. The summed E-state index contributed by atoms with van der Waals surface area (Å²) >= 11 is 6.14. The number of amides is 3. The number of carbonyl (C=O) groups is 3. The summed E-state index contributed by atoms with van der Waals surface area (Å²) in [7, 11) is 0. The summed E-state index contributed by atoms with van der Waals surface area (Å²) in [4.78, 5) is 44.2. The van der Waals surface area contributed by atoms with Crippen molar-refractivity contribution in [1.29, 1.82) is 0 Å². The van der Waals surface area contributed by atoms with Gasteiger partial charge in [0.1, 0.15) is 11.6 Å². The van der Waals surface area contributed by atoms with Gasteiger partial charge in [0.2, 0.25) is 17.7 Å². The number of likely N-dealkylation sites (tertiary alicyclic amines) is 1. The van der Waals surface area contributed by atoms with E-state index in [2.05, 4.69) is 31.4 Å². The lowest BCUT2D eigenvalue weighted by Crippen LogP contribution is -2.60. The number of anilines is 1. The zero-order valence-electron chi connectivity index (χ0n) is 23.1. The highest BCUT2D eigenvalue weighted by Gasteiger charge is 2.73. The first-order chi connectivity index (χ1) is 18.7. The third-order valence-electron chi connectivity index (χ3n) is 10.4. The van der Waals surface area contributed by atoms with Crippen molar-refractivity contribution in [3.05, 3.63) is 41.4 Å². The van der Waals surface area contributed by atoms with Crippen molar-refractivity contribution < 1.29 is 19.1 Å². The zero-order valence-corrected chi connectivity index (χ0v) is 23.8. The van der Waals surface area contributed by atoms with E-state index in [1.165, 1.54) is 6.42 Å². The summed E-state index contributed by atoms with van der Waals surface area (Å²) in [6, 6.07) is 6.23. The van der Waals surface area contributed by atoms with Gasteiger partial charge in [-0.15, -0.1) is 0 Å². The number of hydrogen-bond donors (Lipinski definition) is 2. The van der Waals surface area contributed by atoms with Crippen molar-refractivity contribution in [3.63, 3.8) is 0 Å². The zero-order chi connectivity index (χ0) is 27.5. The van der Waals surface area contributed by atoms with Crippen LogP contribution >= 0.6 is 11.6 Å². The maximum absolute atomic E-state index is 14.4. The molecule has 1 aromatic rings. The lowest BCUT2D eigenvalue weighted by molar-refractivity contribution is -0.146. The number of benzene rings is 1. The van der Waals surface area contributed by atoms with Crippen molar-refractivity contribution >= 4 is 35.0 Å². The molecular weight excluding hydrogens is 514 g/mol. The second kappa shape index (κ2) is 10.2. The van der Waals surface area contributed by atoms with Gasteiger partial charge in [0.15, 0.2) is 0 Å². The molecule has 4 fully saturated rings. The van der Waals surface area contributed by atoms with E-state index in [4.69, 9.17) is 16.3 Å². The van der Waals surface area contributed by atoms with E-state index in [9.17, 15) is 14.4 Å². The molecule has 10 atom stereocenters. The molecule has 39 heavy (non-hydrogen) atoms. The third-order valence-corrected chi connectivity index (χ3v) is 10.6. The minimum absolute atomic E-state index is 0.0441. The van der Waals surface area contributed by atoms with Crippen LogP contribution in [0.2, 0.25) is 5.02 Å². The van der Waals surface area contributed by atoms with Crippen LogP contribution in [0.1, 0.15) is 65.7 Å². The fourth-order valence-corrected chi connectivity index (χ4v) is 8.30. The number of nitrogens with one attached hydrogen (secondary N) is 2. The van der Waals surface area contributed by atoms with E-state index >= 15 is 0 Å². The van der Waals surface area contributed by atoms with Crippen LogP contribution in [0.5, 0.6) is 0 Å². The smallest absolute Gasteiger partial charge is 0.246 e. The number of carbonyl (C=O) groups excluding carboxylic acids is 3. The molecule has 3 heterocycles. The highest BCUT2D eigenvalue weighted by Crippen LogP contribution is 2.56. The number of nitrogens with zero attached hydrogens (tertiary/aromatic N) is 1. The molecule has 3 aliphatic heterocycles. The first kappa shape index (κ1) is 26.8. The van der Waals surface area contributed by atoms with Gasteiger partial charge in [-0.1, -0.05) is 76.3 Å². The summed E-state index contributed by atoms with van der Waals surface area (Å²) in [5, 5.41) is 6.84. The molecule has 8 unspecified atom stereocenters. The number of rotatable bonds is 5. The molecule has 2 N–H and O–H groups in total. The van der Waals surface area contributed by atoms with Gasteiger partial charge in [0.25, 0.3) is 0 Å². The largest absolute Gasteiger partial charge is 0.359 e. The Labute approximate surface area is 236 Å². The maximum Gasteiger partial charge on any atom is 0.246 e. The van der Waals surface area contributed by atoms with E-state index < -0.39 is 29.6 Å². The average Bonchev–Trinajstić information content (AvgIpc) is 3.54. The monoisotopic (exact) mass is 553 g/mol. The molecule has 6 rings (SSSR count). The predicted octanol–water partition coefficient (Wildman–Crippen LogP) is 4.95. The van der Waals surface area contributed by atoms with E-state index in [1.807, 2.05) is 17.1 Å². The minimum Gasteiger partial charge on any atom is -0.359 e. The van der Waals surface area contributed by atoms with Gasteiger partial charge in [-0.2, -0.15) is 0 Å². The van der Waals surface area contributed by atoms with Crippen molar-refractivity contribution in [1.82, 2.24) is 10.2 Å². The third kappa shape index (κ3) is 4.40. The summed E-state index contributed by atoms with van der Waals surface area (Å²) in [5.41, 5.74) is -0.561. The number of ether oxygens (including phenoxy) is 1. The van der Waals surface area contributed by atoms with Gasteiger partial charge in [-0.3, -0.25) is 14.4 Å². The maximum atomic E-state index is 14.4. The predicted molar refractivity (Wildman–Crippen MR) is 150 cm³/mol. The van der Waals surface area contributed by atoms with Crippen LogP contribution in [0, 0.1) is 29.6 Å². The first-order valence-corrected chi connectivity index (χ1v) is 15.1. The lowest BCUT2D eigenvalue weighted by Gasteiger charge is -2.42. The Morgan fingerprint density at radius 1 is 1.03 bits per heavy atom. The SMILES string of the molecule is CC1CCCC(NC(=O)C2N(C3CCCCC3C)C(=O)[C@@H]3C(C(=O)Nc4cccc(Cl)c4)[C@@H]4C=CC23O4)C1C. The molecule has 2 aliphatic carbocycles. The highest BCUT2D eigenvalue weighted by atomic mass is 35.5. The molecule has 2 saturated heterocycles. The molecule has 3 amide bonds. The van der Waals surface area contributed by atoms with Crippen LogP contribution in [0.4, 0.5) is 5.69 Å². The molecule has 8 heteroatoms. The van der Waals surface area contributed by atoms with Gasteiger partial charge in [-0.05, 0) is 55.2 Å². The molecule has 7 nitrogen and oxygen atoms in total. The van der Waals surface area contributed by atoms with E-state index in [0.717, 1.165) is 38.5 Å². The lowest BCUT2D eigenvalue weighted by atomic mass is 9.73. The number of hydrogen-bond acceptors (Lipinski definition) is 4. The minimum atomic E-state index is -1.14. The molecule has 2 bridgehead atoms. The fraction of sp³-hybridized carbons (Fsp3) is 0.645. The topological polar surface area (TPSA) is 87.7 Å². The van der Waals surface area contributed by atoms with Crippen molar-refractivity contribution in [2.24, 2.45) is 29.6 Å². The Hall–Kier alpha value is -2.38. The molecule has 0 radical (unpaired) electrons. The van der Waals surface area contributed by atoms with Gasteiger partial charge in [0, 0.05) is 22.8 Å². The standard InChI is InChI=1S/C31H40ClN3O4/c1-17-9-6-12-22(19(17)3)34-29(37)27-31-15-14-24(39-31)25(28(36)33-21-11-7-10-20(32)16-21)26(31)30(38)35(27)23-13-5-4-8-18(23)2/h7,10-11,14-19,22-27H,4-6,8-9,12-13H2,1-3H3,(H,33,36)(H,34,37)/t17?,18?,19?,22?,23?,24-,25?,26-,27?,31?/m0/s1. The fourth-order valence-electron chi connectivity index (χ4n) is 8.11. The molecular formula is C31H40ClN3O4. The van der Waals surface area contributed by atoms with Crippen LogP contribution in [-0.4, -0.2) is 52.5 Å². The van der Waals surface area contributed by atoms with Gasteiger partial charge >= 0.3 is 0 Å². The summed E-state index contributed by atoms with van der Waals surface area (Å²) < 4.78 is 6.56. The molecule has 1 spiro atoms. The molecule has 210 valence electrons. The van der Waals surface area contributed by atoms with Gasteiger partial charge in [-0.25, -0.2) is 0 Å². The van der Waals surface area contributed by atoms with Crippen LogP contribution in [0.25, 0.3) is 0 Å². The summed E-state index contributed by atoms with van der Waals surface area (Å²) in [6.45, 7) is 6.64. The van der Waals surface area contributed by atoms with E-state index in [1.54, 1.807) is 24.3 Å². The van der Waals surface area contributed by atoms with Gasteiger partial charge < -0.3 is 20.3 Å². The van der Waals surface area contributed by atoms with Gasteiger partial charge in [0.05, 0.1) is 17.9 Å². The number of fused-ring (bicyclic) bond motifs is 1. The van der Waals surface area contributed by atoms with E-state index in [-0.39, 0.29) is 35.7 Å². The quantitative estimate of drug-likeness (QED) is 0.505. The Balaban J connectivity index is 1.34. The normalized spacial score (nSPS) is 41.0. The Morgan fingerprint density at radius 2 is 1.79 bits per heavy atom.